The largest absolute Gasteiger partial charge is 0.478 e. The molecule has 10 heteroatoms. The highest BCUT2D eigenvalue weighted by Crippen LogP contribution is 2.23. The van der Waals surface area contributed by atoms with E-state index in [0.717, 1.165) is 47.6 Å². The number of hydrogen-bond acceptors (Lipinski definition) is 7. The van der Waals surface area contributed by atoms with E-state index in [-0.39, 0.29) is 40.4 Å². The molecule has 4 aromatic carbocycles. The number of carbonyl (C=O) groups excluding carboxylic acids is 2. The molecule has 0 aliphatic carbocycles. The number of aromatic nitrogens is 2. The van der Waals surface area contributed by atoms with Gasteiger partial charge < -0.3 is 20.2 Å². The van der Waals surface area contributed by atoms with Crippen molar-refractivity contribution in [1.82, 2.24) is 15.1 Å². The van der Waals surface area contributed by atoms with Crippen LogP contribution in [0.1, 0.15) is 48.0 Å². The van der Waals surface area contributed by atoms with Crippen LogP contribution in [0.3, 0.4) is 0 Å². The van der Waals surface area contributed by atoms with E-state index in [0.29, 0.717) is 5.39 Å². The number of benzene rings is 4. The lowest BCUT2D eigenvalue weighted by atomic mass is 9.98. The van der Waals surface area contributed by atoms with E-state index in [2.05, 4.69) is 33.9 Å². The van der Waals surface area contributed by atoms with Crippen molar-refractivity contribution in [2.75, 3.05) is 11.9 Å². The number of fused-ring (bicyclic) bond motifs is 2. The average Bonchev–Trinajstić information content (AvgIpc) is 3.43. The number of nitrogens with zero attached hydrogens (tertiary/aromatic N) is 2. The van der Waals surface area contributed by atoms with Gasteiger partial charge in [0.2, 0.25) is 0 Å². The Morgan fingerprint density at radius 3 is 2.46 bits per heavy atom. The number of para-hydroxylation sites is 1. The van der Waals surface area contributed by atoms with Crippen LogP contribution in [0.2, 0.25) is 0 Å². The molecular formula is C36H30N4O6. The fourth-order valence-electron chi connectivity index (χ4n) is 5.32. The summed E-state index contributed by atoms with van der Waals surface area (Å²) >= 11 is 0. The Morgan fingerprint density at radius 1 is 0.891 bits per heavy atom. The molecule has 0 radical (unpaired) electrons. The first kappa shape index (κ1) is 30.2. The van der Waals surface area contributed by atoms with E-state index in [1.807, 2.05) is 42.2 Å². The third-order valence-corrected chi connectivity index (χ3v) is 7.79. The Labute approximate surface area is 263 Å². The lowest BCUT2D eigenvalue weighted by Crippen LogP contribution is -2.18. The van der Waals surface area contributed by atoms with Crippen molar-refractivity contribution in [3.05, 3.63) is 141 Å². The van der Waals surface area contributed by atoms with Crippen molar-refractivity contribution >= 4 is 45.2 Å². The summed E-state index contributed by atoms with van der Waals surface area (Å²) in [5, 5.41) is 21.3. The molecule has 2 heterocycles. The molecule has 0 aliphatic rings. The molecule has 2 aromatic heterocycles. The summed E-state index contributed by atoms with van der Waals surface area (Å²) in [5.74, 6) is -2.57. The third-order valence-electron chi connectivity index (χ3n) is 7.79. The Bertz CT molecular complexity index is 2160. The number of anilines is 1. The smallest absolute Gasteiger partial charge is 0.335 e. The minimum absolute atomic E-state index is 0.0103. The van der Waals surface area contributed by atoms with Gasteiger partial charge in [-0.1, -0.05) is 42.5 Å². The van der Waals surface area contributed by atoms with Gasteiger partial charge in [-0.25, -0.2) is 4.79 Å². The van der Waals surface area contributed by atoms with E-state index >= 15 is 0 Å². The summed E-state index contributed by atoms with van der Waals surface area (Å²) in [6, 6.07) is 25.5. The molecule has 0 spiro atoms. The molecule has 230 valence electrons. The standard InChI is InChI=1S/C36H30N4O6/c1-40-30-13-10-24(16-26(30)21-38-40)20-37-15-14-22-6-8-23(9-7-22)17-31(41)27-12-11-25(36(44)45)18-29(27)39-35(43)34-19-32(42)28-4-2-3-5-33(28)46-34/h2-13,16,18-19,21,37H,14-15,17,20H2,1H3,(H,39,43)(H,44,45). The highest BCUT2D eigenvalue weighted by Gasteiger charge is 2.19. The molecule has 0 unspecified atom stereocenters. The van der Waals surface area contributed by atoms with Gasteiger partial charge in [0.05, 0.1) is 28.4 Å². The van der Waals surface area contributed by atoms with Gasteiger partial charge in [-0.2, -0.15) is 5.10 Å². The fraction of sp³-hybridized carbons (Fsp3) is 0.139. The van der Waals surface area contributed by atoms with Crippen molar-refractivity contribution in [2.45, 2.75) is 19.4 Å². The normalized spacial score (nSPS) is 11.2. The molecule has 1 amide bonds. The number of aryl methyl sites for hydroxylation is 1. The quantitative estimate of drug-likeness (QED) is 0.130. The molecule has 10 nitrogen and oxygen atoms in total. The van der Waals surface area contributed by atoms with E-state index in [4.69, 9.17) is 4.42 Å². The molecule has 6 rings (SSSR count). The number of hydrogen-bond donors (Lipinski definition) is 3. The highest BCUT2D eigenvalue weighted by atomic mass is 16.4. The minimum Gasteiger partial charge on any atom is -0.478 e. The van der Waals surface area contributed by atoms with E-state index in [1.165, 1.54) is 23.8 Å². The predicted octanol–water partition coefficient (Wildman–Crippen LogP) is 5.39. The van der Waals surface area contributed by atoms with Crippen LogP contribution in [0.25, 0.3) is 21.9 Å². The van der Waals surface area contributed by atoms with E-state index in [1.54, 1.807) is 24.3 Å². The molecule has 0 atom stereocenters. The number of aromatic carboxylic acids is 1. The summed E-state index contributed by atoms with van der Waals surface area (Å²) in [5.41, 5.74) is 4.04. The molecule has 0 saturated carbocycles. The second kappa shape index (κ2) is 13.0. The van der Waals surface area contributed by atoms with E-state index < -0.39 is 17.3 Å². The number of Topliss-reactive ketones (excluding diaryl/α,β-unsaturated/α-hetero) is 1. The highest BCUT2D eigenvalue weighted by molar-refractivity contribution is 6.10. The van der Waals surface area contributed by atoms with Gasteiger partial charge in [0, 0.05) is 37.0 Å². The van der Waals surface area contributed by atoms with Crippen LogP contribution in [-0.2, 0) is 26.4 Å². The van der Waals surface area contributed by atoms with Gasteiger partial charge in [-0.05, 0) is 72.1 Å². The van der Waals surface area contributed by atoms with Crippen LogP contribution in [-0.4, -0.2) is 39.1 Å². The maximum absolute atomic E-state index is 13.4. The summed E-state index contributed by atoms with van der Waals surface area (Å²) in [6.45, 7) is 1.52. The predicted molar refractivity (Wildman–Crippen MR) is 174 cm³/mol. The van der Waals surface area contributed by atoms with Gasteiger partial charge in [0.15, 0.2) is 17.0 Å². The lowest BCUT2D eigenvalue weighted by molar-refractivity contribution is 0.0696. The van der Waals surface area contributed by atoms with Gasteiger partial charge in [0.25, 0.3) is 5.91 Å². The van der Waals surface area contributed by atoms with Gasteiger partial charge in [-0.15, -0.1) is 0 Å². The Balaban J connectivity index is 1.10. The third kappa shape index (κ3) is 6.62. The van der Waals surface area contributed by atoms with Crippen molar-refractivity contribution in [2.24, 2.45) is 7.05 Å². The van der Waals surface area contributed by atoms with Crippen LogP contribution >= 0.6 is 0 Å². The lowest BCUT2D eigenvalue weighted by Gasteiger charge is -2.12. The maximum atomic E-state index is 13.4. The van der Waals surface area contributed by atoms with Gasteiger partial charge in [-0.3, -0.25) is 19.1 Å². The number of carboxylic acid groups (broad SMARTS) is 1. The fourth-order valence-corrected chi connectivity index (χ4v) is 5.32. The summed E-state index contributed by atoms with van der Waals surface area (Å²) in [6.07, 6.45) is 2.70. The van der Waals surface area contributed by atoms with Crippen LogP contribution in [0.15, 0.2) is 106 Å². The number of carboxylic acids is 1. The summed E-state index contributed by atoms with van der Waals surface area (Å²) < 4.78 is 7.47. The maximum Gasteiger partial charge on any atom is 0.335 e. The number of amides is 1. The van der Waals surface area contributed by atoms with Crippen LogP contribution in [0.4, 0.5) is 5.69 Å². The monoisotopic (exact) mass is 614 g/mol. The molecular weight excluding hydrogens is 584 g/mol. The zero-order chi connectivity index (χ0) is 32.2. The molecule has 0 aliphatic heterocycles. The van der Waals surface area contributed by atoms with Crippen molar-refractivity contribution in [1.29, 1.82) is 0 Å². The summed E-state index contributed by atoms with van der Waals surface area (Å²) in [4.78, 5) is 50.6. The summed E-state index contributed by atoms with van der Waals surface area (Å²) in [7, 11) is 1.92. The Kier molecular flexibility index (Phi) is 8.53. The molecule has 6 aromatic rings. The number of carbonyl (C=O) groups is 3. The molecule has 0 bridgehead atoms. The Hall–Kier alpha value is -5.87. The zero-order valence-corrected chi connectivity index (χ0v) is 24.9. The van der Waals surface area contributed by atoms with Crippen molar-refractivity contribution < 1.29 is 23.9 Å². The zero-order valence-electron chi connectivity index (χ0n) is 24.9. The molecule has 0 saturated heterocycles. The average molecular weight is 615 g/mol. The molecule has 46 heavy (non-hydrogen) atoms. The van der Waals surface area contributed by atoms with E-state index in [9.17, 15) is 24.3 Å². The minimum atomic E-state index is -1.22. The van der Waals surface area contributed by atoms with Crippen LogP contribution in [0.5, 0.6) is 0 Å². The SMILES string of the molecule is Cn1ncc2cc(CNCCc3ccc(CC(=O)c4ccc(C(=O)O)cc4NC(=O)c4cc(=O)c5ccccc5o4)cc3)ccc21. The molecule has 0 fully saturated rings. The first-order valence-electron chi connectivity index (χ1n) is 14.7. The number of rotatable bonds is 11. The topological polar surface area (TPSA) is 144 Å². The second-order valence-electron chi connectivity index (χ2n) is 11.0. The van der Waals surface area contributed by atoms with Gasteiger partial charge >= 0.3 is 5.97 Å². The number of ketones is 1. The van der Waals surface area contributed by atoms with Crippen molar-refractivity contribution in [3.8, 4) is 0 Å². The van der Waals surface area contributed by atoms with Gasteiger partial charge in [0.1, 0.15) is 5.58 Å². The number of nitrogens with one attached hydrogen (secondary N) is 2. The van der Waals surface area contributed by atoms with Crippen molar-refractivity contribution in [3.63, 3.8) is 0 Å². The second-order valence-corrected chi connectivity index (χ2v) is 11.0. The Morgan fingerprint density at radius 2 is 1.65 bits per heavy atom. The van der Waals surface area contributed by atoms with Crippen LogP contribution < -0.4 is 16.1 Å². The first-order valence-corrected chi connectivity index (χ1v) is 14.7. The molecule has 3 N–H and O–H groups in total. The van der Waals surface area contributed by atoms with Crippen LogP contribution in [0, 0.1) is 0 Å². The first-order chi connectivity index (χ1) is 22.2.